The van der Waals surface area contributed by atoms with Gasteiger partial charge in [0.05, 0.1) is 0 Å². The summed E-state index contributed by atoms with van der Waals surface area (Å²) in [6, 6.07) is 26.0. The van der Waals surface area contributed by atoms with Gasteiger partial charge in [-0.2, -0.15) is 4.98 Å². The zero-order valence-electron chi connectivity index (χ0n) is 21.3. The SMILES string of the molecule is Cc1ccc(-c2noc(-c3c(C)cc(C)n(CC(=O)Nc4ccc(Oc5ccccc5)cc4)c3=O)n2)cc1. The fraction of sp³-hybridized carbons (Fsp3) is 0.133. The monoisotopic (exact) mass is 506 g/mol. The Morgan fingerprint density at radius 1 is 0.921 bits per heavy atom. The van der Waals surface area contributed by atoms with Gasteiger partial charge in [-0.3, -0.25) is 9.59 Å². The number of aryl methyl sites for hydroxylation is 3. The van der Waals surface area contributed by atoms with Gasteiger partial charge in [-0.25, -0.2) is 0 Å². The lowest BCUT2D eigenvalue weighted by molar-refractivity contribution is -0.116. The standard InChI is InChI=1S/C30H26N4O4/c1-19-9-11-22(12-10-19)28-32-29(38-33-28)27-20(2)17-21(3)34(30(27)36)18-26(35)31-23-13-15-25(16-14-23)37-24-7-5-4-6-8-24/h4-17H,18H2,1-3H3,(H,31,35). The number of anilines is 1. The maximum Gasteiger partial charge on any atom is 0.264 e. The van der Waals surface area contributed by atoms with Crippen molar-refractivity contribution in [2.45, 2.75) is 27.3 Å². The molecule has 1 N–H and O–H groups in total. The van der Waals surface area contributed by atoms with Crippen LogP contribution in [0.4, 0.5) is 5.69 Å². The van der Waals surface area contributed by atoms with E-state index in [1.165, 1.54) is 4.57 Å². The zero-order chi connectivity index (χ0) is 26.6. The number of benzene rings is 3. The molecule has 0 aliphatic rings. The normalized spacial score (nSPS) is 10.8. The van der Waals surface area contributed by atoms with Crippen LogP contribution in [0.25, 0.3) is 22.8 Å². The Labute approximate surface area is 219 Å². The summed E-state index contributed by atoms with van der Waals surface area (Å²) < 4.78 is 12.7. The van der Waals surface area contributed by atoms with Crippen molar-refractivity contribution in [3.63, 3.8) is 0 Å². The van der Waals surface area contributed by atoms with Crippen molar-refractivity contribution in [2.75, 3.05) is 5.32 Å². The highest BCUT2D eigenvalue weighted by Crippen LogP contribution is 2.24. The number of aromatic nitrogens is 3. The first-order valence-electron chi connectivity index (χ1n) is 12.1. The predicted molar refractivity (Wildman–Crippen MR) is 145 cm³/mol. The van der Waals surface area contributed by atoms with Gasteiger partial charge in [0.15, 0.2) is 0 Å². The number of carbonyl (C=O) groups excluding carboxylic acids is 1. The molecule has 0 fully saturated rings. The van der Waals surface area contributed by atoms with E-state index in [0.29, 0.717) is 28.5 Å². The molecular weight excluding hydrogens is 480 g/mol. The fourth-order valence-corrected chi connectivity index (χ4v) is 4.10. The minimum absolute atomic E-state index is 0.117. The first kappa shape index (κ1) is 24.7. The van der Waals surface area contributed by atoms with Gasteiger partial charge >= 0.3 is 0 Å². The van der Waals surface area contributed by atoms with Crippen LogP contribution in [0.5, 0.6) is 11.5 Å². The first-order valence-corrected chi connectivity index (χ1v) is 12.1. The van der Waals surface area contributed by atoms with E-state index in [1.54, 1.807) is 31.2 Å². The van der Waals surface area contributed by atoms with Crippen LogP contribution in [0.3, 0.4) is 0 Å². The molecule has 0 radical (unpaired) electrons. The molecular formula is C30H26N4O4. The molecule has 0 saturated heterocycles. The second-order valence-electron chi connectivity index (χ2n) is 9.01. The summed E-state index contributed by atoms with van der Waals surface area (Å²) in [5, 5.41) is 6.89. The van der Waals surface area contributed by atoms with E-state index in [0.717, 1.165) is 16.9 Å². The molecule has 0 aliphatic heterocycles. The topological polar surface area (TPSA) is 99.3 Å². The van der Waals surface area contributed by atoms with E-state index in [2.05, 4.69) is 15.5 Å². The van der Waals surface area contributed by atoms with Gasteiger partial charge < -0.3 is 19.1 Å². The summed E-state index contributed by atoms with van der Waals surface area (Å²) in [7, 11) is 0. The molecule has 5 aromatic rings. The van der Waals surface area contributed by atoms with E-state index in [9.17, 15) is 9.59 Å². The third kappa shape index (κ3) is 5.39. The van der Waals surface area contributed by atoms with Crippen molar-refractivity contribution in [1.29, 1.82) is 0 Å². The van der Waals surface area contributed by atoms with Gasteiger partial charge in [0.1, 0.15) is 23.6 Å². The highest BCUT2D eigenvalue weighted by atomic mass is 16.5. The fourth-order valence-electron chi connectivity index (χ4n) is 4.10. The van der Waals surface area contributed by atoms with Gasteiger partial charge in [0, 0.05) is 16.9 Å². The summed E-state index contributed by atoms with van der Waals surface area (Å²) in [5.74, 6) is 1.54. The van der Waals surface area contributed by atoms with E-state index in [-0.39, 0.29) is 29.5 Å². The molecule has 0 aliphatic carbocycles. The number of pyridine rings is 1. The van der Waals surface area contributed by atoms with Crippen LogP contribution in [0.2, 0.25) is 0 Å². The highest BCUT2D eigenvalue weighted by Gasteiger charge is 2.20. The molecule has 0 bridgehead atoms. The quantitative estimate of drug-likeness (QED) is 0.294. The average Bonchev–Trinajstić information content (AvgIpc) is 3.38. The molecule has 0 saturated carbocycles. The largest absolute Gasteiger partial charge is 0.457 e. The van der Waals surface area contributed by atoms with Crippen molar-refractivity contribution in [3.8, 4) is 34.3 Å². The lowest BCUT2D eigenvalue weighted by Crippen LogP contribution is -2.30. The van der Waals surface area contributed by atoms with Crippen LogP contribution in [-0.4, -0.2) is 20.6 Å². The van der Waals surface area contributed by atoms with Gasteiger partial charge in [0.2, 0.25) is 11.7 Å². The highest BCUT2D eigenvalue weighted by molar-refractivity contribution is 5.90. The van der Waals surface area contributed by atoms with Crippen LogP contribution in [0, 0.1) is 20.8 Å². The van der Waals surface area contributed by atoms with Crippen molar-refractivity contribution in [3.05, 3.63) is 112 Å². The van der Waals surface area contributed by atoms with E-state index >= 15 is 0 Å². The maximum atomic E-state index is 13.4. The molecule has 190 valence electrons. The second kappa shape index (κ2) is 10.6. The van der Waals surface area contributed by atoms with Gasteiger partial charge in [-0.1, -0.05) is 53.2 Å². The average molecular weight is 507 g/mol. The van der Waals surface area contributed by atoms with Crippen LogP contribution in [-0.2, 0) is 11.3 Å². The molecule has 1 amide bonds. The number of amides is 1. The molecule has 3 aromatic carbocycles. The summed E-state index contributed by atoms with van der Waals surface area (Å²) in [6.07, 6.45) is 0. The third-order valence-corrected chi connectivity index (χ3v) is 6.07. The lowest BCUT2D eigenvalue weighted by Gasteiger charge is -2.13. The summed E-state index contributed by atoms with van der Waals surface area (Å²) in [4.78, 5) is 30.8. The minimum atomic E-state index is -0.372. The van der Waals surface area contributed by atoms with E-state index < -0.39 is 0 Å². The van der Waals surface area contributed by atoms with Crippen LogP contribution >= 0.6 is 0 Å². The molecule has 38 heavy (non-hydrogen) atoms. The Morgan fingerprint density at radius 3 is 2.32 bits per heavy atom. The van der Waals surface area contributed by atoms with Crippen molar-refractivity contribution >= 4 is 11.6 Å². The van der Waals surface area contributed by atoms with Gasteiger partial charge in [0.25, 0.3) is 11.4 Å². The summed E-state index contributed by atoms with van der Waals surface area (Å²) in [5.41, 5.74) is 3.74. The smallest absolute Gasteiger partial charge is 0.264 e. The molecule has 8 heteroatoms. The Hall–Kier alpha value is -4.98. The number of nitrogens with one attached hydrogen (secondary N) is 1. The van der Waals surface area contributed by atoms with Gasteiger partial charge in [-0.05, 0) is 68.8 Å². The number of rotatable bonds is 7. The van der Waals surface area contributed by atoms with Crippen LogP contribution in [0.1, 0.15) is 16.8 Å². The number of hydrogen-bond acceptors (Lipinski definition) is 6. The van der Waals surface area contributed by atoms with Gasteiger partial charge in [-0.15, -0.1) is 0 Å². The molecule has 2 aromatic heterocycles. The number of carbonyl (C=O) groups is 1. The Bertz CT molecular complexity index is 1640. The Kier molecular flexibility index (Phi) is 6.86. The molecule has 0 spiro atoms. The number of ether oxygens (including phenoxy) is 1. The summed E-state index contributed by atoms with van der Waals surface area (Å²) >= 11 is 0. The molecule has 8 nitrogen and oxygen atoms in total. The van der Waals surface area contributed by atoms with Crippen molar-refractivity contribution < 1.29 is 14.1 Å². The summed E-state index contributed by atoms with van der Waals surface area (Å²) in [6.45, 7) is 5.42. The minimum Gasteiger partial charge on any atom is -0.457 e. The Morgan fingerprint density at radius 2 is 1.61 bits per heavy atom. The van der Waals surface area contributed by atoms with Crippen molar-refractivity contribution in [2.24, 2.45) is 0 Å². The number of nitrogens with zero attached hydrogens (tertiary/aromatic N) is 3. The molecule has 5 rings (SSSR count). The molecule has 2 heterocycles. The molecule has 0 unspecified atom stereocenters. The van der Waals surface area contributed by atoms with E-state index in [4.69, 9.17) is 9.26 Å². The van der Waals surface area contributed by atoms with Crippen LogP contribution < -0.4 is 15.6 Å². The van der Waals surface area contributed by atoms with Crippen molar-refractivity contribution in [1.82, 2.24) is 14.7 Å². The van der Waals surface area contributed by atoms with Crippen LogP contribution in [0.15, 0.2) is 94.2 Å². The number of hydrogen-bond donors (Lipinski definition) is 1. The maximum absolute atomic E-state index is 13.4. The molecule has 0 atom stereocenters. The lowest BCUT2D eigenvalue weighted by atomic mass is 10.1. The Balaban J connectivity index is 1.33. The third-order valence-electron chi connectivity index (χ3n) is 6.07. The van der Waals surface area contributed by atoms with E-state index in [1.807, 2.05) is 74.5 Å². The predicted octanol–water partition coefficient (Wildman–Crippen LogP) is 5.92. The second-order valence-corrected chi connectivity index (χ2v) is 9.01. The first-order chi connectivity index (χ1) is 18.4. The number of para-hydroxylation sites is 1. The zero-order valence-corrected chi connectivity index (χ0v) is 21.3.